The van der Waals surface area contributed by atoms with E-state index in [-0.39, 0.29) is 12.3 Å². The van der Waals surface area contributed by atoms with Crippen molar-refractivity contribution in [3.63, 3.8) is 0 Å². The minimum absolute atomic E-state index is 0.202. The van der Waals surface area contributed by atoms with E-state index in [1.165, 1.54) is 32.7 Å². The van der Waals surface area contributed by atoms with Crippen LogP contribution in [0.2, 0.25) is 0 Å². The van der Waals surface area contributed by atoms with Crippen LogP contribution in [0.25, 0.3) is 76.9 Å². The lowest BCUT2D eigenvalue weighted by Gasteiger charge is -2.33. The Balaban J connectivity index is 1.02. The Hall–Kier alpha value is -7.27. The van der Waals surface area contributed by atoms with Gasteiger partial charge in [-0.2, -0.15) is 0 Å². The smallest absolute Gasteiger partial charge is 0.143 e. The van der Waals surface area contributed by atoms with Crippen LogP contribution in [0.4, 0.5) is 0 Å². The van der Waals surface area contributed by atoms with E-state index in [1.54, 1.807) is 0 Å². The highest BCUT2D eigenvalue weighted by Crippen LogP contribution is 2.42. The van der Waals surface area contributed by atoms with Crippen LogP contribution >= 0.6 is 0 Å². The molecule has 4 heteroatoms. The van der Waals surface area contributed by atoms with Crippen LogP contribution in [0.5, 0.6) is 0 Å². The normalized spacial score (nSPS) is 15.5. The number of hydrogen-bond acceptors (Lipinski definition) is 4. The minimum Gasteiger partial charge on any atom is -0.455 e. The van der Waals surface area contributed by atoms with Crippen molar-refractivity contribution in [2.24, 2.45) is 4.99 Å². The summed E-state index contributed by atoms with van der Waals surface area (Å²) in [6.45, 7) is 0. The summed E-state index contributed by atoms with van der Waals surface area (Å²) in [6.07, 6.45) is -0.491. The molecule has 57 heavy (non-hydrogen) atoms. The Labute approximate surface area is 330 Å². The first-order valence-corrected chi connectivity index (χ1v) is 19.5. The molecule has 0 saturated heterocycles. The second-order valence-electron chi connectivity index (χ2n) is 14.8. The zero-order valence-electron chi connectivity index (χ0n) is 31.1. The van der Waals surface area contributed by atoms with Gasteiger partial charge in [-0.1, -0.05) is 182 Å². The van der Waals surface area contributed by atoms with Crippen molar-refractivity contribution in [3.8, 4) is 33.4 Å². The van der Waals surface area contributed by atoms with E-state index in [0.29, 0.717) is 0 Å². The lowest BCUT2D eigenvalue weighted by molar-refractivity contribution is 0.409. The highest BCUT2D eigenvalue weighted by atomic mass is 16.3. The predicted octanol–water partition coefficient (Wildman–Crippen LogP) is 13.2. The molecule has 0 aliphatic carbocycles. The van der Waals surface area contributed by atoms with E-state index in [9.17, 15) is 0 Å². The van der Waals surface area contributed by atoms with E-state index in [0.717, 1.165) is 66.7 Å². The van der Waals surface area contributed by atoms with Crippen molar-refractivity contribution in [3.05, 3.63) is 217 Å². The topological polar surface area (TPSA) is 49.6 Å². The summed E-state index contributed by atoms with van der Waals surface area (Å²) in [5.74, 6) is 0.834. The first-order chi connectivity index (χ1) is 28.2. The summed E-state index contributed by atoms with van der Waals surface area (Å²) in [5, 5.41) is 14.8. The van der Waals surface area contributed by atoms with Gasteiger partial charge in [0.1, 0.15) is 29.3 Å². The number of nitrogens with zero attached hydrogens (tertiary/aromatic N) is 1. The molecule has 0 saturated carbocycles. The molecule has 2 heterocycles. The second kappa shape index (κ2) is 13.8. The van der Waals surface area contributed by atoms with Crippen LogP contribution < -0.4 is 10.6 Å². The molecule has 270 valence electrons. The standard InChI is InChI=1S/C53H37N3O/c1-2-14-37(15-3-1)43-20-10-22-47-49-45(21-11-23-48(49)57-50(43)47)44-18-8-9-19-46(44)53-55-51(54-52(56-53)42-31-27-35-13-5-7-17-40(35)33-42)38-28-24-36(25-29-38)41-30-26-34-12-4-6-16-39(34)32-41/h1-33,51-52,54H,(H,55,56). The molecule has 2 atom stereocenters. The number of rotatable bonds is 6. The summed E-state index contributed by atoms with van der Waals surface area (Å²) in [7, 11) is 0. The molecule has 4 nitrogen and oxygen atoms in total. The second-order valence-corrected chi connectivity index (χ2v) is 14.8. The van der Waals surface area contributed by atoms with Crippen LogP contribution in [0.15, 0.2) is 210 Å². The summed E-state index contributed by atoms with van der Waals surface area (Å²) >= 11 is 0. The molecule has 0 bridgehead atoms. The summed E-state index contributed by atoms with van der Waals surface area (Å²) in [6, 6.07) is 71.1. The Morgan fingerprint density at radius 1 is 0.421 bits per heavy atom. The molecule has 0 fully saturated rings. The molecule has 2 unspecified atom stereocenters. The molecule has 0 radical (unpaired) electrons. The van der Waals surface area contributed by atoms with Gasteiger partial charge in [0.05, 0.1) is 0 Å². The Morgan fingerprint density at radius 3 is 1.84 bits per heavy atom. The number of nitrogens with one attached hydrogen (secondary N) is 2. The highest BCUT2D eigenvalue weighted by molar-refractivity contribution is 6.17. The lowest BCUT2D eigenvalue weighted by atomic mass is 9.93. The van der Waals surface area contributed by atoms with E-state index in [1.807, 2.05) is 6.07 Å². The molecule has 11 rings (SSSR count). The maximum atomic E-state index is 6.68. The minimum atomic E-state index is -0.289. The number of aliphatic imine (C=N–C) groups is 1. The Bertz CT molecular complexity index is 3140. The molecule has 1 aromatic heterocycles. The van der Waals surface area contributed by atoms with Crippen LogP contribution in [0.1, 0.15) is 29.0 Å². The van der Waals surface area contributed by atoms with Gasteiger partial charge in [-0.05, 0) is 78.7 Å². The molecule has 2 N–H and O–H groups in total. The summed E-state index contributed by atoms with van der Waals surface area (Å²) in [4.78, 5) is 5.44. The zero-order chi connectivity index (χ0) is 37.7. The third kappa shape index (κ3) is 5.95. The maximum absolute atomic E-state index is 6.68. The third-order valence-corrected chi connectivity index (χ3v) is 11.4. The van der Waals surface area contributed by atoms with Gasteiger partial charge in [-0.15, -0.1) is 0 Å². The number of para-hydroxylation sites is 1. The maximum Gasteiger partial charge on any atom is 0.143 e. The van der Waals surface area contributed by atoms with Crippen molar-refractivity contribution in [2.45, 2.75) is 12.3 Å². The number of fused-ring (bicyclic) bond motifs is 5. The van der Waals surface area contributed by atoms with E-state index in [2.05, 4.69) is 205 Å². The van der Waals surface area contributed by atoms with Gasteiger partial charge >= 0.3 is 0 Å². The molecule has 1 aliphatic heterocycles. The predicted molar refractivity (Wildman–Crippen MR) is 236 cm³/mol. The highest BCUT2D eigenvalue weighted by Gasteiger charge is 2.28. The van der Waals surface area contributed by atoms with Crippen molar-refractivity contribution in [1.29, 1.82) is 0 Å². The van der Waals surface area contributed by atoms with Crippen molar-refractivity contribution >= 4 is 49.3 Å². The molecular formula is C53H37N3O. The number of hydrogen-bond donors (Lipinski definition) is 2. The van der Waals surface area contributed by atoms with Gasteiger partial charge in [-0.25, -0.2) is 4.99 Å². The van der Waals surface area contributed by atoms with E-state index < -0.39 is 0 Å². The Morgan fingerprint density at radius 2 is 1.04 bits per heavy atom. The lowest BCUT2D eigenvalue weighted by Crippen LogP contribution is -2.45. The van der Waals surface area contributed by atoms with Crippen molar-refractivity contribution in [1.82, 2.24) is 10.6 Å². The zero-order valence-corrected chi connectivity index (χ0v) is 31.1. The number of amidine groups is 1. The summed E-state index contributed by atoms with van der Waals surface area (Å²) < 4.78 is 6.68. The van der Waals surface area contributed by atoms with Gasteiger partial charge < -0.3 is 9.73 Å². The molecule has 0 amide bonds. The SMILES string of the molecule is c1ccc(-c2cccc3c2oc2cccc(-c4ccccc4C4=NC(c5ccc6ccccc6c5)NC(c5ccc(-c6ccc7ccccc7c6)cc5)N4)c23)cc1. The third-order valence-electron chi connectivity index (χ3n) is 11.4. The molecule has 9 aromatic carbocycles. The first-order valence-electron chi connectivity index (χ1n) is 19.5. The van der Waals surface area contributed by atoms with Crippen LogP contribution in [0, 0.1) is 0 Å². The van der Waals surface area contributed by atoms with E-state index >= 15 is 0 Å². The molecule has 0 spiro atoms. The quantitative estimate of drug-likeness (QED) is 0.179. The fourth-order valence-corrected chi connectivity index (χ4v) is 8.49. The molecule has 10 aromatic rings. The van der Waals surface area contributed by atoms with Crippen LogP contribution in [0.3, 0.4) is 0 Å². The largest absolute Gasteiger partial charge is 0.455 e. The molecule has 1 aliphatic rings. The average molecular weight is 732 g/mol. The molecular weight excluding hydrogens is 695 g/mol. The summed E-state index contributed by atoms with van der Waals surface area (Å²) in [5.41, 5.74) is 11.8. The van der Waals surface area contributed by atoms with Gasteiger partial charge in [0.25, 0.3) is 0 Å². The number of benzene rings is 9. The van der Waals surface area contributed by atoms with Crippen molar-refractivity contribution < 1.29 is 4.42 Å². The monoisotopic (exact) mass is 731 g/mol. The van der Waals surface area contributed by atoms with E-state index in [4.69, 9.17) is 9.41 Å². The van der Waals surface area contributed by atoms with Gasteiger partial charge in [0, 0.05) is 21.9 Å². The average Bonchev–Trinajstić information content (AvgIpc) is 3.68. The first kappa shape index (κ1) is 33.1. The Kier molecular flexibility index (Phi) is 8.01. The van der Waals surface area contributed by atoms with Gasteiger partial charge in [0.15, 0.2) is 0 Å². The van der Waals surface area contributed by atoms with Crippen molar-refractivity contribution in [2.75, 3.05) is 0 Å². The number of furan rings is 1. The fourth-order valence-electron chi connectivity index (χ4n) is 8.49. The fraction of sp³-hybridized carbons (Fsp3) is 0.0377. The van der Waals surface area contributed by atoms with Gasteiger partial charge in [0.2, 0.25) is 0 Å². The van der Waals surface area contributed by atoms with Crippen LogP contribution in [-0.2, 0) is 0 Å². The van der Waals surface area contributed by atoms with Crippen LogP contribution in [-0.4, -0.2) is 5.84 Å². The van der Waals surface area contributed by atoms with Gasteiger partial charge in [-0.3, -0.25) is 5.32 Å².